The first-order valence-corrected chi connectivity index (χ1v) is 11.6. The summed E-state index contributed by atoms with van der Waals surface area (Å²) < 4.78 is 16.5. The third-order valence-electron chi connectivity index (χ3n) is 6.05. The van der Waals surface area contributed by atoms with Gasteiger partial charge in [0.2, 0.25) is 11.8 Å². The Morgan fingerprint density at radius 3 is 2.73 bits per heavy atom. The summed E-state index contributed by atoms with van der Waals surface area (Å²) in [5.74, 6) is 4.97. The average molecular weight is 433 g/mol. The van der Waals surface area contributed by atoms with E-state index >= 15 is 0 Å². The van der Waals surface area contributed by atoms with Crippen LogP contribution >= 0.6 is 11.8 Å². The third kappa shape index (κ3) is 5.31. The first kappa shape index (κ1) is 22.5. The fourth-order valence-corrected chi connectivity index (χ4v) is 4.76. The molecule has 3 rings (SSSR count). The van der Waals surface area contributed by atoms with Gasteiger partial charge in [-0.15, -0.1) is 11.8 Å². The number of oxazole rings is 1. The fourth-order valence-electron chi connectivity index (χ4n) is 3.93. The van der Waals surface area contributed by atoms with Gasteiger partial charge in [0.1, 0.15) is 5.76 Å². The van der Waals surface area contributed by atoms with E-state index in [0.717, 1.165) is 23.4 Å². The van der Waals surface area contributed by atoms with E-state index in [1.807, 2.05) is 25.1 Å². The van der Waals surface area contributed by atoms with Crippen molar-refractivity contribution in [1.29, 1.82) is 0 Å². The smallest absolute Gasteiger partial charge is 0.230 e. The number of thioether (sulfide) groups is 1. The van der Waals surface area contributed by atoms with E-state index in [2.05, 4.69) is 24.1 Å². The zero-order valence-corrected chi connectivity index (χ0v) is 19.3. The number of carbonyl (C=O) groups excluding carboxylic acids is 1. The average Bonchev–Trinajstić information content (AvgIpc) is 3.11. The maximum absolute atomic E-state index is 12.4. The zero-order chi connectivity index (χ0) is 21.7. The van der Waals surface area contributed by atoms with Gasteiger partial charge in [-0.25, -0.2) is 4.98 Å². The highest BCUT2D eigenvalue weighted by Crippen LogP contribution is 2.33. The zero-order valence-electron chi connectivity index (χ0n) is 18.5. The number of amides is 1. The molecule has 1 saturated carbocycles. The van der Waals surface area contributed by atoms with Crippen LogP contribution in [-0.2, 0) is 10.5 Å². The normalized spacial score (nSPS) is 21.3. The van der Waals surface area contributed by atoms with Crippen LogP contribution in [0, 0.1) is 18.8 Å². The van der Waals surface area contributed by atoms with Crippen LogP contribution in [0.25, 0.3) is 11.5 Å². The van der Waals surface area contributed by atoms with Crippen molar-refractivity contribution >= 4 is 17.7 Å². The lowest BCUT2D eigenvalue weighted by Gasteiger charge is -2.34. The molecule has 1 aliphatic rings. The number of methoxy groups -OCH3 is 2. The van der Waals surface area contributed by atoms with Gasteiger partial charge in [0.15, 0.2) is 11.5 Å². The fraction of sp³-hybridized carbons (Fsp3) is 0.565. The van der Waals surface area contributed by atoms with Gasteiger partial charge >= 0.3 is 0 Å². The van der Waals surface area contributed by atoms with Crippen LogP contribution in [0.4, 0.5) is 0 Å². The molecule has 6 nitrogen and oxygen atoms in total. The molecule has 164 valence electrons. The van der Waals surface area contributed by atoms with Crippen molar-refractivity contribution in [3.63, 3.8) is 0 Å². The molecule has 1 aliphatic carbocycles. The molecule has 7 heteroatoms. The van der Waals surface area contributed by atoms with E-state index in [4.69, 9.17) is 13.9 Å². The van der Waals surface area contributed by atoms with Gasteiger partial charge in [-0.3, -0.25) is 4.79 Å². The number of hydrogen-bond acceptors (Lipinski definition) is 6. The lowest BCUT2D eigenvalue weighted by molar-refractivity contribution is -0.119. The standard InChI is InChI=1S/C23H32N2O4S/c1-14-7-6-8-18(15(14)2)24-22(26)13-30-12-19-16(3)29-23(25-19)17-9-10-20(27-4)21(11-17)28-5/h9-11,14-15,18H,6-8,12-13H2,1-5H3,(H,24,26). The predicted octanol–water partition coefficient (Wildman–Crippen LogP) is 4.84. The van der Waals surface area contributed by atoms with Crippen LogP contribution in [0.5, 0.6) is 11.5 Å². The number of aryl methyl sites for hydroxylation is 1. The Bertz CT molecular complexity index is 867. The van der Waals surface area contributed by atoms with Crippen molar-refractivity contribution in [2.75, 3.05) is 20.0 Å². The molecule has 0 radical (unpaired) electrons. The first-order valence-electron chi connectivity index (χ1n) is 10.5. The molecule has 30 heavy (non-hydrogen) atoms. The lowest BCUT2D eigenvalue weighted by atomic mass is 9.78. The molecule has 1 aromatic carbocycles. The van der Waals surface area contributed by atoms with E-state index in [0.29, 0.717) is 46.8 Å². The number of benzene rings is 1. The molecule has 0 saturated heterocycles. The summed E-state index contributed by atoms with van der Waals surface area (Å²) in [6, 6.07) is 5.87. The largest absolute Gasteiger partial charge is 0.493 e. The van der Waals surface area contributed by atoms with Crippen molar-refractivity contribution in [2.45, 2.75) is 51.8 Å². The highest BCUT2D eigenvalue weighted by molar-refractivity contribution is 7.99. The molecule has 1 amide bonds. The Kier molecular flexibility index (Phi) is 7.69. The number of rotatable bonds is 8. The van der Waals surface area contributed by atoms with E-state index in [9.17, 15) is 4.79 Å². The number of aromatic nitrogens is 1. The Morgan fingerprint density at radius 1 is 1.23 bits per heavy atom. The van der Waals surface area contributed by atoms with Crippen molar-refractivity contribution in [3.05, 3.63) is 29.7 Å². The first-order chi connectivity index (χ1) is 14.4. The summed E-state index contributed by atoms with van der Waals surface area (Å²) in [6.45, 7) is 6.43. The number of nitrogens with zero attached hydrogens (tertiary/aromatic N) is 1. The van der Waals surface area contributed by atoms with Gasteiger partial charge in [0.05, 0.1) is 25.7 Å². The van der Waals surface area contributed by atoms with Crippen molar-refractivity contribution in [1.82, 2.24) is 10.3 Å². The Balaban J connectivity index is 1.56. The summed E-state index contributed by atoms with van der Waals surface area (Å²) in [4.78, 5) is 17.0. The minimum atomic E-state index is 0.104. The monoisotopic (exact) mass is 432 g/mol. The van der Waals surface area contributed by atoms with Gasteiger partial charge in [0.25, 0.3) is 0 Å². The molecule has 1 aromatic heterocycles. The van der Waals surface area contributed by atoms with Crippen molar-refractivity contribution < 1.29 is 18.7 Å². The van der Waals surface area contributed by atoms with Crippen LogP contribution in [0.1, 0.15) is 44.6 Å². The molecule has 1 fully saturated rings. The third-order valence-corrected chi connectivity index (χ3v) is 6.99. The molecule has 2 aromatic rings. The lowest BCUT2D eigenvalue weighted by Crippen LogP contribution is -2.44. The van der Waals surface area contributed by atoms with E-state index in [-0.39, 0.29) is 5.91 Å². The highest BCUT2D eigenvalue weighted by Gasteiger charge is 2.28. The maximum Gasteiger partial charge on any atom is 0.230 e. The van der Waals surface area contributed by atoms with Crippen molar-refractivity contribution in [2.24, 2.45) is 11.8 Å². The SMILES string of the molecule is COc1ccc(-c2nc(CSCC(=O)NC3CCCC(C)C3C)c(C)o2)cc1OC. The van der Waals surface area contributed by atoms with Crippen LogP contribution in [0.2, 0.25) is 0 Å². The van der Waals surface area contributed by atoms with Crippen LogP contribution in [0.15, 0.2) is 22.6 Å². The van der Waals surface area contributed by atoms with Gasteiger partial charge in [0, 0.05) is 17.4 Å². The summed E-state index contributed by atoms with van der Waals surface area (Å²) in [5, 5.41) is 3.23. The second kappa shape index (κ2) is 10.2. The van der Waals surface area contributed by atoms with E-state index < -0.39 is 0 Å². The van der Waals surface area contributed by atoms with E-state index in [1.54, 1.807) is 26.0 Å². The number of nitrogens with one attached hydrogen (secondary N) is 1. The predicted molar refractivity (Wildman–Crippen MR) is 120 cm³/mol. The number of carbonyl (C=O) groups is 1. The summed E-state index contributed by atoms with van der Waals surface area (Å²) >= 11 is 1.56. The molecular weight excluding hydrogens is 400 g/mol. The molecule has 0 bridgehead atoms. The Morgan fingerprint density at radius 2 is 2.00 bits per heavy atom. The highest BCUT2D eigenvalue weighted by atomic mass is 32.2. The molecular formula is C23H32N2O4S. The summed E-state index contributed by atoms with van der Waals surface area (Å²) in [7, 11) is 3.21. The van der Waals surface area contributed by atoms with Crippen LogP contribution in [-0.4, -0.2) is 36.9 Å². The second-order valence-corrected chi connectivity index (χ2v) is 9.01. The summed E-state index contributed by atoms with van der Waals surface area (Å²) in [5.41, 5.74) is 1.68. The minimum Gasteiger partial charge on any atom is -0.493 e. The molecule has 0 aliphatic heterocycles. The molecule has 3 atom stereocenters. The van der Waals surface area contributed by atoms with Crippen molar-refractivity contribution in [3.8, 4) is 23.0 Å². The number of ether oxygens (including phenoxy) is 2. The molecule has 1 N–H and O–H groups in total. The quantitative estimate of drug-likeness (QED) is 0.643. The Labute approximate surface area is 183 Å². The number of hydrogen-bond donors (Lipinski definition) is 1. The van der Waals surface area contributed by atoms with E-state index in [1.165, 1.54) is 12.8 Å². The topological polar surface area (TPSA) is 73.6 Å². The molecule has 1 heterocycles. The molecule has 0 spiro atoms. The van der Waals surface area contributed by atoms with Crippen LogP contribution < -0.4 is 14.8 Å². The van der Waals surface area contributed by atoms with Gasteiger partial charge in [-0.2, -0.15) is 0 Å². The minimum absolute atomic E-state index is 0.104. The maximum atomic E-state index is 12.4. The van der Waals surface area contributed by atoms with Gasteiger partial charge in [-0.05, 0) is 43.4 Å². The van der Waals surface area contributed by atoms with Gasteiger partial charge < -0.3 is 19.2 Å². The van der Waals surface area contributed by atoms with Gasteiger partial charge in [-0.1, -0.05) is 26.7 Å². The molecule has 3 unspecified atom stereocenters. The Hall–Kier alpha value is -2.15. The second-order valence-electron chi connectivity index (χ2n) is 8.03. The van der Waals surface area contributed by atoms with Crippen LogP contribution in [0.3, 0.4) is 0 Å². The summed E-state index contributed by atoms with van der Waals surface area (Å²) in [6.07, 6.45) is 3.54.